The van der Waals surface area contributed by atoms with Crippen LogP contribution in [-0.4, -0.2) is 42.3 Å². The Morgan fingerprint density at radius 1 is 1.29 bits per heavy atom. The maximum absolute atomic E-state index is 11.9. The van der Waals surface area contributed by atoms with E-state index in [0.29, 0.717) is 6.54 Å². The number of rotatable bonds is 8. The quantitative estimate of drug-likeness (QED) is 0.587. The molecule has 21 heavy (non-hydrogen) atoms. The number of hydrogen-bond acceptors (Lipinski definition) is 5. The molecule has 3 N–H and O–H groups in total. The van der Waals surface area contributed by atoms with Crippen LogP contribution in [0.2, 0.25) is 0 Å². The Bertz CT molecular complexity index is 391. The van der Waals surface area contributed by atoms with Crippen molar-refractivity contribution in [1.29, 1.82) is 0 Å². The summed E-state index contributed by atoms with van der Waals surface area (Å²) in [5.74, 6) is -0.530. The van der Waals surface area contributed by atoms with Crippen molar-refractivity contribution in [2.75, 3.05) is 20.3 Å². The van der Waals surface area contributed by atoms with E-state index < -0.39 is 25.2 Å². The van der Waals surface area contributed by atoms with Crippen LogP contribution < -0.4 is 5.32 Å². The summed E-state index contributed by atoms with van der Waals surface area (Å²) >= 11 is 0. The topological polar surface area (TPSA) is 105 Å². The van der Waals surface area contributed by atoms with Crippen molar-refractivity contribution in [2.45, 2.75) is 47.1 Å². The van der Waals surface area contributed by atoms with E-state index in [0.717, 1.165) is 13.5 Å². The second-order valence-electron chi connectivity index (χ2n) is 6.92. The Morgan fingerprint density at radius 3 is 2.24 bits per heavy atom. The van der Waals surface area contributed by atoms with Crippen molar-refractivity contribution in [1.82, 2.24) is 5.32 Å². The molecule has 0 aliphatic rings. The van der Waals surface area contributed by atoms with Crippen LogP contribution >= 0.6 is 7.82 Å². The lowest BCUT2D eigenvalue weighted by atomic mass is 9.87. The van der Waals surface area contributed by atoms with Crippen molar-refractivity contribution < 1.29 is 28.4 Å². The predicted octanol–water partition coefficient (Wildman–Crippen LogP) is 1.69. The summed E-state index contributed by atoms with van der Waals surface area (Å²) in [5.41, 5.74) is -0.943. The average Bonchev–Trinajstić information content (AvgIpc) is 2.34. The summed E-state index contributed by atoms with van der Waals surface area (Å²) in [6.45, 7) is 9.45. The summed E-state index contributed by atoms with van der Waals surface area (Å²) in [5, 5.41) is 12.7. The van der Waals surface area contributed by atoms with Crippen molar-refractivity contribution >= 4 is 13.7 Å². The van der Waals surface area contributed by atoms with Crippen LogP contribution in [0, 0.1) is 10.8 Å². The number of carbonyl (C=O) groups is 1. The van der Waals surface area contributed by atoms with E-state index in [1.165, 1.54) is 0 Å². The third kappa shape index (κ3) is 8.53. The molecule has 2 atom stereocenters. The molecule has 0 aromatic carbocycles. The fourth-order valence-electron chi connectivity index (χ4n) is 1.39. The summed E-state index contributed by atoms with van der Waals surface area (Å²) in [7, 11) is -3.08. The van der Waals surface area contributed by atoms with Gasteiger partial charge in [0.15, 0.2) is 0 Å². The number of amides is 1. The Labute approximate surface area is 126 Å². The molecule has 0 aromatic rings. The van der Waals surface area contributed by atoms with Gasteiger partial charge in [0.2, 0.25) is 5.91 Å². The summed E-state index contributed by atoms with van der Waals surface area (Å²) < 4.78 is 20.2. The normalized spacial score (nSPS) is 17.1. The van der Waals surface area contributed by atoms with Gasteiger partial charge >= 0.3 is 7.82 Å². The maximum atomic E-state index is 11.9. The molecule has 0 aliphatic heterocycles. The highest BCUT2D eigenvalue weighted by Gasteiger charge is 2.36. The molecular formula is C13H28NO6P. The van der Waals surface area contributed by atoms with Crippen LogP contribution in [0.4, 0.5) is 0 Å². The van der Waals surface area contributed by atoms with Gasteiger partial charge in [0, 0.05) is 19.1 Å². The van der Waals surface area contributed by atoms with Gasteiger partial charge in [-0.3, -0.25) is 13.8 Å². The molecule has 0 saturated heterocycles. The lowest BCUT2D eigenvalue weighted by Crippen LogP contribution is -2.46. The zero-order valence-corrected chi connectivity index (χ0v) is 14.6. The van der Waals surface area contributed by atoms with Crippen LogP contribution in [0.25, 0.3) is 0 Å². The number of aliphatic hydroxyl groups is 1. The minimum absolute atomic E-state index is 0.0822. The highest BCUT2D eigenvalue weighted by molar-refractivity contribution is 7.47. The first-order valence-electron chi connectivity index (χ1n) is 6.79. The molecule has 0 fully saturated rings. The van der Waals surface area contributed by atoms with Gasteiger partial charge in [-0.1, -0.05) is 34.6 Å². The van der Waals surface area contributed by atoms with Crippen molar-refractivity contribution in [3.63, 3.8) is 0 Å². The maximum Gasteiger partial charge on any atom is 0.471 e. The zero-order valence-electron chi connectivity index (χ0n) is 13.7. The number of hydrogen-bond donors (Lipinski definition) is 3. The number of nitrogens with one attached hydrogen (secondary N) is 1. The molecule has 126 valence electrons. The smallest absolute Gasteiger partial charge is 0.383 e. The third-order valence-corrected chi connectivity index (χ3v) is 3.91. The van der Waals surface area contributed by atoms with Gasteiger partial charge in [0.25, 0.3) is 0 Å². The van der Waals surface area contributed by atoms with E-state index in [4.69, 9.17) is 9.42 Å². The van der Waals surface area contributed by atoms with E-state index in [2.05, 4.69) is 30.6 Å². The van der Waals surface area contributed by atoms with Gasteiger partial charge in [0.1, 0.15) is 6.10 Å². The SMILES string of the molecule is COP(=O)(O)OCC(C)(C)[C@H](O)C(=O)NCCC(C)(C)C. The Hall–Kier alpha value is -0.460. The monoisotopic (exact) mass is 325 g/mol. The van der Waals surface area contributed by atoms with Crippen LogP contribution in [-0.2, 0) is 18.4 Å². The molecule has 0 aromatic heterocycles. The van der Waals surface area contributed by atoms with Gasteiger partial charge in [-0.05, 0) is 11.8 Å². The highest BCUT2D eigenvalue weighted by Crippen LogP contribution is 2.43. The molecule has 0 aliphatic carbocycles. The molecule has 0 saturated carbocycles. The second-order valence-corrected chi connectivity index (χ2v) is 8.48. The van der Waals surface area contributed by atoms with Crippen LogP contribution in [0.5, 0.6) is 0 Å². The Morgan fingerprint density at radius 2 is 1.81 bits per heavy atom. The molecular weight excluding hydrogens is 297 g/mol. The minimum atomic E-state index is -4.13. The Kier molecular flexibility index (Phi) is 7.53. The molecule has 7 nitrogen and oxygen atoms in total. The van der Waals surface area contributed by atoms with Gasteiger partial charge in [-0.15, -0.1) is 0 Å². The zero-order chi connectivity index (χ0) is 16.9. The summed E-state index contributed by atoms with van der Waals surface area (Å²) in [6.07, 6.45) is -0.577. The molecule has 0 radical (unpaired) electrons. The largest absolute Gasteiger partial charge is 0.471 e. The number of carbonyl (C=O) groups excluding carboxylic acids is 1. The molecule has 1 amide bonds. The van der Waals surface area contributed by atoms with Crippen molar-refractivity contribution in [3.8, 4) is 0 Å². The first-order chi connectivity index (χ1) is 9.31. The van der Waals surface area contributed by atoms with Gasteiger partial charge in [-0.2, -0.15) is 0 Å². The van der Waals surface area contributed by atoms with Gasteiger partial charge < -0.3 is 15.3 Å². The number of phosphoric ester groups is 1. The van der Waals surface area contributed by atoms with Gasteiger partial charge in [0.05, 0.1) is 6.61 Å². The van der Waals surface area contributed by atoms with Crippen LogP contribution in [0.1, 0.15) is 41.0 Å². The lowest BCUT2D eigenvalue weighted by molar-refractivity contribution is -0.137. The predicted molar refractivity (Wildman–Crippen MR) is 79.7 cm³/mol. The molecule has 8 heteroatoms. The Balaban J connectivity index is 4.42. The van der Waals surface area contributed by atoms with E-state index in [-0.39, 0.29) is 12.0 Å². The third-order valence-electron chi connectivity index (χ3n) is 2.99. The first-order valence-corrected chi connectivity index (χ1v) is 8.29. The summed E-state index contributed by atoms with van der Waals surface area (Å²) in [4.78, 5) is 21.1. The molecule has 0 heterocycles. The molecule has 0 bridgehead atoms. The summed E-state index contributed by atoms with van der Waals surface area (Å²) in [6, 6.07) is 0. The van der Waals surface area contributed by atoms with Crippen LogP contribution in [0.15, 0.2) is 0 Å². The highest BCUT2D eigenvalue weighted by atomic mass is 31.2. The minimum Gasteiger partial charge on any atom is -0.383 e. The number of phosphoric acid groups is 1. The van der Waals surface area contributed by atoms with Crippen LogP contribution in [0.3, 0.4) is 0 Å². The van der Waals surface area contributed by atoms with Gasteiger partial charge in [-0.25, -0.2) is 4.57 Å². The fourth-order valence-corrected chi connectivity index (χ4v) is 1.99. The van der Waals surface area contributed by atoms with E-state index in [1.54, 1.807) is 13.8 Å². The van der Waals surface area contributed by atoms with Crippen molar-refractivity contribution in [2.24, 2.45) is 10.8 Å². The van der Waals surface area contributed by atoms with Crippen molar-refractivity contribution in [3.05, 3.63) is 0 Å². The molecule has 0 spiro atoms. The van der Waals surface area contributed by atoms with E-state index in [1.807, 2.05) is 0 Å². The second kappa shape index (κ2) is 7.70. The average molecular weight is 325 g/mol. The van der Waals surface area contributed by atoms with E-state index >= 15 is 0 Å². The standard InChI is InChI=1S/C13H28NO6P/c1-12(2,3)7-8-14-11(16)10(15)13(4,5)9-20-21(17,18)19-6/h10,15H,7-9H2,1-6H3,(H,14,16)(H,17,18)/t10-/m1/s1. The fraction of sp³-hybridized carbons (Fsp3) is 0.923. The molecule has 0 rings (SSSR count). The first kappa shape index (κ1) is 20.5. The van der Waals surface area contributed by atoms with E-state index in [9.17, 15) is 14.5 Å². The molecule has 1 unspecified atom stereocenters. The number of aliphatic hydroxyl groups excluding tert-OH is 1. The lowest BCUT2D eigenvalue weighted by Gasteiger charge is -2.30.